The van der Waals surface area contributed by atoms with Gasteiger partial charge in [0, 0.05) is 12.6 Å². The second-order valence-electron chi connectivity index (χ2n) is 6.72. The summed E-state index contributed by atoms with van der Waals surface area (Å²) in [4.78, 5) is 2.55. The molecule has 2 nitrogen and oxygen atoms in total. The number of rotatable bonds is 3. The zero-order valence-corrected chi connectivity index (χ0v) is 12.7. The zero-order valence-electron chi connectivity index (χ0n) is 12.7. The quantitative estimate of drug-likeness (QED) is 0.901. The highest BCUT2D eigenvalue weighted by atomic mass is 15.2. The van der Waals surface area contributed by atoms with Gasteiger partial charge in [-0.25, -0.2) is 0 Å². The highest BCUT2D eigenvalue weighted by Crippen LogP contribution is 2.27. The molecule has 0 spiro atoms. The van der Waals surface area contributed by atoms with Crippen LogP contribution < -0.4 is 5.73 Å². The molecule has 0 unspecified atom stereocenters. The van der Waals surface area contributed by atoms with E-state index in [-0.39, 0.29) is 5.41 Å². The van der Waals surface area contributed by atoms with Crippen LogP contribution in [-0.4, -0.2) is 24.5 Å². The summed E-state index contributed by atoms with van der Waals surface area (Å²) in [7, 11) is 0. The maximum Gasteiger partial charge on any atom is 0.0470 e. The van der Waals surface area contributed by atoms with Crippen LogP contribution in [0.25, 0.3) is 0 Å². The van der Waals surface area contributed by atoms with Gasteiger partial charge in [0.25, 0.3) is 0 Å². The maximum absolute atomic E-state index is 6.02. The Morgan fingerprint density at radius 1 is 1.05 bits per heavy atom. The molecule has 106 valence electrons. The van der Waals surface area contributed by atoms with E-state index in [0.29, 0.717) is 6.04 Å². The monoisotopic (exact) mass is 260 g/mol. The average Bonchev–Trinajstić information content (AvgIpc) is 2.40. The van der Waals surface area contributed by atoms with Crippen LogP contribution in [0.15, 0.2) is 24.3 Å². The normalized spacial score (nSPS) is 19.4. The smallest absolute Gasteiger partial charge is 0.0470 e. The fourth-order valence-corrected chi connectivity index (χ4v) is 2.93. The molecule has 19 heavy (non-hydrogen) atoms. The lowest BCUT2D eigenvalue weighted by Crippen LogP contribution is -2.37. The summed E-state index contributed by atoms with van der Waals surface area (Å²) >= 11 is 0. The predicted octanol–water partition coefficient (Wildman–Crippen LogP) is 3.47. The molecule has 0 bridgehead atoms. The van der Waals surface area contributed by atoms with Gasteiger partial charge in [0.15, 0.2) is 0 Å². The fraction of sp³-hybridized carbons (Fsp3) is 0.647. The van der Waals surface area contributed by atoms with E-state index in [4.69, 9.17) is 5.73 Å². The molecule has 1 aromatic carbocycles. The summed E-state index contributed by atoms with van der Waals surface area (Å²) in [5, 5.41) is 0. The number of likely N-dealkylation sites (tertiary alicyclic amines) is 1. The molecular weight excluding hydrogens is 232 g/mol. The first-order valence-corrected chi connectivity index (χ1v) is 7.57. The molecule has 1 heterocycles. The van der Waals surface area contributed by atoms with Crippen molar-refractivity contribution in [1.82, 2.24) is 4.90 Å². The van der Waals surface area contributed by atoms with Crippen LogP contribution >= 0.6 is 0 Å². The SMILES string of the molecule is CC(C)(C)c1ccc([C@@H](CN)N2CCCCC2)cc1. The molecule has 2 heteroatoms. The Kier molecular flexibility index (Phi) is 4.64. The number of hydrogen-bond acceptors (Lipinski definition) is 2. The molecule has 1 atom stereocenters. The summed E-state index contributed by atoms with van der Waals surface area (Å²) in [5.41, 5.74) is 9.01. The van der Waals surface area contributed by atoms with Crippen LogP contribution in [0.4, 0.5) is 0 Å². The predicted molar refractivity (Wildman–Crippen MR) is 82.4 cm³/mol. The lowest BCUT2D eigenvalue weighted by atomic mass is 9.86. The van der Waals surface area contributed by atoms with Gasteiger partial charge in [-0.3, -0.25) is 4.90 Å². The molecule has 0 aliphatic carbocycles. The third kappa shape index (κ3) is 3.58. The molecule has 1 aromatic rings. The summed E-state index contributed by atoms with van der Waals surface area (Å²) in [5.74, 6) is 0. The Bertz CT molecular complexity index is 383. The molecule has 0 radical (unpaired) electrons. The van der Waals surface area contributed by atoms with Gasteiger partial charge in [-0.2, -0.15) is 0 Å². The Morgan fingerprint density at radius 2 is 1.63 bits per heavy atom. The first kappa shape index (κ1) is 14.5. The second kappa shape index (κ2) is 6.06. The maximum atomic E-state index is 6.02. The largest absolute Gasteiger partial charge is 0.329 e. The van der Waals surface area contributed by atoms with Crippen molar-refractivity contribution in [3.63, 3.8) is 0 Å². The summed E-state index contributed by atoms with van der Waals surface area (Å²) < 4.78 is 0. The van der Waals surface area contributed by atoms with Crippen LogP contribution in [0.3, 0.4) is 0 Å². The average molecular weight is 260 g/mol. The Balaban J connectivity index is 2.14. The van der Waals surface area contributed by atoms with Crippen molar-refractivity contribution >= 4 is 0 Å². The van der Waals surface area contributed by atoms with E-state index in [1.807, 2.05) is 0 Å². The number of piperidine rings is 1. The van der Waals surface area contributed by atoms with Gasteiger partial charge in [0.05, 0.1) is 0 Å². The Hall–Kier alpha value is -0.860. The van der Waals surface area contributed by atoms with Crippen molar-refractivity contribution in [1.29, 1.82) is 0 Å². The van der Waals surface area contributed by atoms with Gasteiger partial charge in [-0.1, -0.05) is 51.5 Å². The minimum atomic E-state index is 0.224. The molecule has 1 saturated heterocycles. The van der Waals surface area contributed by atoms with Crippen molar-refractivity contribution in [2.75, 3.05) is 19.6 Å². The number of hydrogen-bond donors (Lipinski definition) is 1. The summed E-state index contributed by atoms with van der Waals surface area (Å²) in [6.45, 7) is 9.88. The minimum absolute atomic E-state index is 0.224. The van der Waals surface area contributed by atoms with E-state index in [1.165, 1.54) is 43.5 Å². The topological polar surface area (TPSA) is 29.3 Å². The molecule has 0 aromatic heterocycles. The first-order valence-electron chi connectivity index (χ1n) is 7.57. The third-order valence-electron chi connectivity index (χ3n) is 4.22. The molecule has 2 N–H and O–H groups in total. The standard InChI is InChI=1S/C17H28N2/c1-17(2,3)15-9-7-14(8-10-15)16(13-18)19-11-5-4-6-12-19/h7-10,16H,4-6,11-13,18H2,1-3H3/t16-/m1/s1. The van der Waals surface area contributed by atoms with Gasteiger partial charge >= 0.3 is 0 Å². The van der Waals surface area contributed by atoms with Crippen LogP contribution in [0, 0.1) is 0 Å². The third-order valence-corrected chi connectivity index (χ3v) is 4.22. The van der Waals surface area contributed by atoms with Crippen molar-refractivity contribution in [3.05, 3.63) is 35.4 Å². The van der Waals surface area contributed by atoms with Crippen molar-refractivity contribution in [3.8, 4) is 0 Å². The van der Waals surface area contributed by atoms with E-state index < -0.39 is 0 Å². The molecule has 1 aliphatic heterocycles. The summed E-state index contributed by atoms with van der Waals surface area (Å²) in [6.07, 6.45) is 4.00. The van der Waals surface area contributed by atoms with Crippen molar-refractivity contribution in [2.24, 2.45) is 5.73 Å². The van der Waals surface area contributed by atoms with Crippen LogP contribution in [0.5, 0.6) is 0 Å². The Labute approximate surface area is 118 Å². The zero-order chi connectivity index (χ0) is 13.9. The molecule has 1 aliphatic rings. The first-order chi connectivity index (χ1) is 9.02. The van der Waals surface area contributed by atoms with E-state index in [1.54, 1.807) is 0 Å². The van der Waals surface area contributed by atoms with E-state index in [9.17, 15) is 0 Å². The molecular formula is C17H28N2. The van der Waals surface area contributed by atoms with Crippen LogP contribution in [-0.2, 0) is 5.41 Å². The van der Waals surface area contributed by atoms with Gasteiger partial charge < -0.3 is 5.73 Å². The number of benzene rings is 1. The highest BCUT2D eigenvalue weighted by molar-refractivity contribution is 5.29. The molecule has 0 saturated carbocycles. The highest BCUT2D eigenvalue weighted by Gasteiger charge is 2.21. The van der Waals surface area contributed by atoms with Crippen LogP contribution in [0.1, 0.15) is 57.2 Å². The molecule has 1 fully saturated rings. The van der Waals surface area contributed by atoms with Gasteiger partial charge in [-0.15, -0.1) is 0 Å². The Morgan fingerprint density at radius 3 is 2.11 bits per heavy atom. The minimum Gasteiger partial charge on any atom is -0.329 e. The van der Waals surface area contributed by atoms with Crippen LogP contribution in [0.2, 0.25) is 0 Å². The van der Waals surface area contributed by atoms with E-state index >= 15 is 0 Å². The van der Waals surface area contributed by atoms with E-state index in [0.717, 1.165) is 6.54 Å². The van der Waals surface area contributed by atoms with Gasteiger partial charge in [0.1, 0.15) is 0 Å². The summed E-state index contributed by atoms with van der Waals surface area (Å²) in [6, 6.07) is 9.47. The van der Waals surface area contributed by atoms with Crippen molar-refractivity contribution < 1.29 is 0 Å². The molecule has 2 rings (SSSR count). The molecule has 0 amide bonds. The van der Waals surface area contributed by atoms with Gasteiger partial charge in [-0.05, 0) is 42.5 Å². The fourth-order valence-electron chi connectivity index (χ4n) is 2.93. The van der Waals surface area contributed by atoms with Gasteiger partial charge in [0.2, 0.25) is 0 Å². The lowest BCUT2D eigenvalue weighted by Gasteiger charge is -2.34. The number of nitrogens with zero attached hydrogens (tertiary/aromatic N) is 1. The number of nitrogens with two attached hydrogens (primary N) is 1. The lowest BCUT2D eigenvalue weighted by molar-refractivity contribution is 0.167. The second-order valence-corrected chi connectivity index (χ2v) is 6.72. The van der Waals surface area contributed by atoms with Crippen molar-refractivity contribution in [2.45, 2.75) is 51.5 Å². The van der Waals surface area contributed by atoms with E-state index in [2.05, 4.69) is 49.9 Å².